The topological polar surface area (TPSA) is 62.7 Å². The standard InChI is InChI=1S/C20H13ClF3N3/c1-11-17(12-5-7-14(8-6-12)20(22,23)24)16(10-25)19(26)27-18(11)13-3-2-4-15(21)9-13/h2-9H,1H3,(H2,26,27). The Morgan fingerprint density at radius 1 is 1.07 bits per heavy atom. The summed E-state index contributed by atoms with van der Waals surface area (Å²) in [4.78, 5) is 4.31. The van der Waals surface area contributed by atoms with E-state index in [0.717, 1.165) is 12.1 Å². The summed E-state index contributed by atoms with van der Waals surface area (Å²) in [6.45, 7) is 1.75. The van der Waals surface area contributed by atoms with E-state index >= 15 is 0 Å². The SMILES string of the molecule is Cc1c(-c2cccc(Cl)c2)nc(N)c(C#N)c1-c1ccc(C(F)(F)F)cc1. The van der Waals surface area contributed by atoms with Crippen molar-refractivity contribution in [3.63, 3.8) is 0 Å². The van der Waals surface area contributed by atoms with Crippen LogP contribution in [0.5, 0.6) is 0 Å². The van der Waals surface area contributed by atoms with E-state index in [1.54, 1.807) is 31.2 Å². The lowest BCUT2D eigenvalue weighted by molar-refractivity contribution is -0.137. The van der Waals surface area contributed by atoms with Crippen molar-refractivity contribution >= 4 is 17.4 Å². The van der Waals surface area contributed by atoms with Crippen molar-refractivity contribution in [1.29, 1.82) is 5.26 Å². The third kappa shape index (κ3) is 3.60. The first-order chi connectivity index (χ1) is 12.7. The molecule has 0 spiro atoms. The molecule has 3 aromatic rings. The van der Waals surface area contributed by atoms with E-state index in [-0.39, 0.29) is 11.4 Å². The van der Waals surface area contributed by atoms with Crippen LogP contribution in [-0.2, 0) is 6.18 Å². The van der Waals surface area contributed by atoms with E-state index in [4.69, 9.17) is 17.3 Å². The molecule has 0 radical (unpaired) electrons. The van der Waals surface area contributed by atoms with Gasteiger partial charge in [-0.25, -0.2) is 4.98 Å². The highest BCUT2D eigenvalue weighted by Crippen LogP contribution is 2.37. The average molecular weight is 388 g/mol. The molecule has 0 aliphatic heterocycles. The summed E-state index contributed by atoms with van der Waals surface area (Å²) in [6, 6.07) is 13.6. The predicted molar refractivity (Wildman–Crippen MR) is 99.0 cm³/mol. The number of halogens is 4. The number of nitrogens with two attached hydrogens (primary N) is 1. The fourth-order valence-electron chi connectivity index (χ4n) is 2.91. The summed E-state index contributed by atoms with van der Waals surface area (Å²) in [7, 11) is 0. The molecule has 0 fully saturated rings. The molecule has 136 valence electrons. The highest BCUT2D eigenvalue weighted by atomic mass is 35.5. The van der Waals surface area contributed by atoms with Crippen LogP contribution in [0.4, 0.5) is 19.0 Å². The zero-order valence-electron chi connectivity index (χ0n) is 14.1. The van der Waals surface area contributed by atoms with Crippen LogP contribution in [0.15, 0.2) is 48.5 Å². The van der Waals surface area contributed by atoms with Gasteiger partial charge in [-0.05, 0) is 42.3 Å². The van der Waals surface area contributed by atoms with Gasteiger partial charge in [0.1, 0.15) is 17.5 Å². The number of anilines is 1. The fourth-order valence-corrected chi connectivity index (χ4v) is 3.10. The Labute approximate surface area is 158 Å². The first-order valence-electron chi connectivity index (χ1n) is 7.86. The van der Waals surface area contributed by atoms with E-state index in [2.05, 4.69) is 4.98 Å². The number of pyridine rings is 1. The zero-order chi connectivity index (χ0) is 19.8. The molecule has 0 saturated heterocycles. The van der Waals surface area contributed by atoms with Crippen molar-refractivity contribution in [2.45, 2.75) is 13.1 Å². The number of nitrogen functional groups attached to an aromatic ring is 1. The van der Waals surface area contributed by atoms with Crippen molar-refractivity contribution in [1.82, 2.24) is 4.98 Å². The van der Waals surface area contributed by atoms with E-state index < -0.39 is 11.7 Å². The van der Waals surface area contributed by atoms with Gasteiger partial charge in [-0.3, -0.25) is 0 Å². The van der Waals surface area contributed by atoms with Gasteiger partial charge in [0.05, 0.1) is 11.3 Å². The second-order valence-electron chi connectivity index (χ2n) is 5.92. The first-order valence-corrected chi connectivity index (χ1v) is 8.24. The molecular formula is C20H13ClF3N3. The Kier molecular flexibility index (Phi) is 4.81. The Balaban J connectivity index is 2.24. The molecule has 27 heavy (non-hydrogen) atoms. The molecule has 1 aromatic heterocycles. The van der Waals surface area contributed by atoms with Crippen LogP contribution in [0.3, 0.4) is 0 Å². The maximum atomic E-state index is 12.8. The number of alkyl halides is 3. The summed E-state index contributed by atoms with van der Waals surface area (Å²) < 4.78 is 38.5. The van der Waals surface area contributed by atoms with Crippen molar-refractivity contribution in [3.8, 4) is 28.5 Å². The molecule has 3 rings (SSSR count). The lowest BCUT2D eigenvalue weighted by Gasteiger charge is -2.16. The first kappa shape index (κ1) is 18.7. The Morgan fingerprint density at radius 2 is 1.74 bits per heavy atom. The van der Waals surface area contributed by atoms with Gasteiger partial charge >= 0.3 is 6.18 Å². The second kappa shape index (κ2) is 6.93. The highest BCUT2D eigenvalue weighted by molar-refractivity contribution is 6.30. The maximum Gasteiger partial charge on any atom is 0.416 e. The van der Waals surface area contributed by atoms with Crippen LogP contribution < -0.4 is 5.73 Å². The van der Waals surface area contributed by atoms with Gasteiger partial charge in [-0.15, -0.1) is 0 Å². The van der Waals surface area contributed by atoms with Crippen molar-refractivity contribution in [2.75, 3.05) is 5.73 Å². The molecule has 0 amide bonds. The number of nitriles is 1. The minimum Gasteiger partial charge on any atom is -0.383 e. The average Bonchev–Trinajstić information content (AvgIpc) is 2.62. The largest absolute Gasteiger partial charge is 0.416 e. The third-order valence-corrected chi connectivity index (χ3v) is 4.41. The molecule has 0 atom stereocenters. The van der Waals surface area contributed by atoms with Gasteiger partial charge in [0.15, 0.2) is 0 Å². The van der Waals surface area contributed by atoms with Crippen LogP contribution in [0, 0.1) is 18.3 Å². The minimum absolute atomic E-state index is 0.00738. The smallest absolute Gasteiger partial charge is 0.383 e. The summed E-state index contributed by atoms with van der Waals surface area (Å²) in [6.07, 6.45) is -4.44. The molecule has 2 aromatic carbocycles. The number of hydrogen-bond donors (Lipinski definition) is 1. The fraction of sp³-hybridized carbons (Fsp3) is 0.100. The summed E-state index contributed by atoms with van der Waals surface area (Å²) in [5.41, 5.74) is 8.07. The van der Waals surface area contributed by atoms with Gasteiger partial charge in [0.2, 0.25) is 0 Å². The molecule has 1 heterocycles. The van der Waals surface area contributed by atoms with Gasteiger partial charge in [0.25, 0.3) is 0 Å². The zero-order valence-corrected chi connectivity index (χ0v) is 14.9. The molecule has 0 aliphatic rings. The van der Waals surface area contributed by atoms with E-state index in [1.807, 2.05) is 6.07 Å². The Hall–Kier alpha value is -3.04. The number of rotatable bonds is 2. The van der Waals surface area contributed by atoms with Crippen LogP contribution in [0.1, 0.15) is 16.7 Å². The number of nitrogens with zero attached hydrogens (tertiary/aromatic N) is 2. The number of benzene rings is 2. The lowest BCUT2D eigenvalue weighted by Crippen LogP contribution is -2.05. The van der Waals surface area contributed by atoms with Crippen molar-refractivity contribution in [2.24, 2.45) is 0 Å². The summed E-state index contributed by atoms with van der Waals surface area (Å²) in [5.74, 6) is 0.00738. The summed E-state index contributed by atoms with van der Waals surface area (Å²) >= 11 is 6.04. The van der Waals surface area contributed by atoms with Crippen LogP contribution in [-0.4, -0.2) is 4.98 Å². The number of hydrogen-bond acceptors (Lipinski definition) is 3. The van der Waals surface area contributed by atoms with Crippen molar-refractivity contribution < 1.29 is 13.2 Å². The predicted octanol–water partition coefficient (Wildman–Crippen LogP) is 5.85. The maximum absolute atomic E-state index is 12.8. The molecule has 7 heteroatoms. The highest BCUT2D eigenvalue weighted by Gasteiger charge is 2.30. The van der Waals surface area contributed by atoms with Gasteiger partial charge in [0, 0.05) is 16.1 Å². The van der Waals surface area contributed by atoms with Gasteiger partial charge < -0.3 is 5.73 Å². The molecular weight excluding hydrogens is 375 g/mol. The molecule has 0 unspecified atom stereocenters. The molecule has 0 bridgehead atoms. The minimum atomic E-state index is -4.44. The molecule has 0 saturated carbocycles. The molecule has 3 nitrogen and oxygen atoms in total. The summed E-state index contributed by atoms with van der Waals surface area (Å²) in [5, 5.41) is 10.0. The molecule has 2 N–H and O–H groups in total. The van der Waals surface area contributed by atoms with Crippen LogP contribution in [0.2, 0.25) is 5.02 Å². The van der Waals surface area contributed by atoms with Crippen molar-refractivity contribution in [3.05, 3.63) is 70.2 Å². The van der Waals surface area contributed by atoms with E-state index in [0.29, 0.717) is 33.0 Å². The normalized spacial score (nSPS) is 11.3. The Morgan fingerprint density at radius 3 is 2.30 bits per heavy atom. The third-order valence-electron chi connectivity index (χ3n) is 4.18. The quantitative estimate of drug-likeness (QED) is 0.599. The van der Waals surface area contributed by atoms with E-state index in [1.165, 1.54) is 12.1 Å². The van der Waals surface area contributed by atoms with Gasteiger partial charge in [-0.2, -0.15) is 18.4 Å². The monoisotopic (exact) mass is 387 g/mol. The number of aromatic nitrogens is 1. The van der Waals surface area contributed by atoms with E-state index in [9.17, 15) is 18.4 Å². The second-order valence-corrected chi connectivity index (χ2v) is 6.35. The lowest BCUT2D eigenvalue weighted by atomic mass is 9.92. The van der Waals surface area contributed by atoms with Crippen LogP contribution in [0.25, 0.3) is 22.4 Å². The van der Waals surface area contributed by atoms with Crippen LogP contribution >= 0.6 is 11.6 Å². The van der Waals surface area contributed by atoms with Gasteiger partial charge in [-0.1, -0.05) is 35.9 Å². The molecule has 0 aliphatic carbocycles. The Bertz CT molecular complexity index is 1050.